The zero-order valence-electron chi connectivity index (χ0n) is 20.4. The third-order valence-corrected chi connectivity index (χ3v) is 6.48. The van der Waals surface area contributed by atoms with Crippen molar-refractivity contribution in [3.05, 3.63) is 47.5 Å². The molecule has 0 aromatic heterocycles. The Bertz CT molecular complexity index is 1020. The van der Waals surface area contributed by atoms with Crippen LogP contribution < -0.4 is 5.32 Å². The fraction of sp³-hybridized carbons (Fsp3) is 0.542. The van der Waals surface area contributed by atoms with Crippen molar-refractivity contribution >= 4 is 19.1 Å². The first-order valence-corrected chi connectivity index (χ1v) is 11.8. The average Bonchev–Trinajstić information content (AvgIpc) is 3.43. The molecule has 9 nitrogen and oxygen atoms in total. The summed E-state index contributed by atoms with van der Waals surface area (Å²) < 4.78 is 32.8. The Hall–Kier alpha value is -3.01. The van der Waals surface area contributed by atoms with Crippen molar-refractivity contribution in [2.45, 2.75) is 56.6 Å². The zero-order valence-corrected chi connectivity index (χ0v) is 20.4. The number of alkyl carbamates (subject to hydrolysis) is 1. The van der Waals surface area contributed by atoms with Crippen LogP contribution >= 0.6 is 0 Å². The van der Waals surface area contributed by atoms with E-state index in [1.807, 2.05) is 6.07 Å². The number of nitrogens with zero attached hydrogens (tertiary/aromatic N) is 3. The van der Waals surface area contributed by atoms with E-state index in [9.17, 15) is 33.7 Å². The number of alkyl halides is 2. The van der Waals surface area contributed by atoms with Crippen LogP contribution in [-0.4, -0.2) is 82.7 Å². The highest BCUT2D eigenvalue weighted by molar-refractivity contribution is 6.41. The number of carbonyl (C=O) groups is 2. The predicted molar refractivity (Wildman–Crippen MR) is 128 cm³/mol. The van der Waals surface area contributed by atoms with E-state index >= 15 is 0 Å². The summed E-state index contributed by atoms with van der Waals surface area (Å²) in [7, 11) is -1.64. The number of hydrogen-bond donors (Lipinski definition) is 3. The Morgan fingerprint density at radius 1 is 1.33 bits per heavy atom. The quantitative estimate of drug-likeness (QED) is 0.281. The van der Waals surface area contributed by atoms with Crippen molar-refractivity contribution in [2.24, 2.45) is 0 Å². The highest BCUT2D eigenvalue weighted by atomic mass is 19.3. The van der Waals surface area contributed by atoms with Gasteiger partial charge in [0.15, 0.2) is 0 Å². The summed E-state index contributed by atoms with van der Waals surface area (Å²) in [4.78, 5) is 28.4. The molecular weight excluding hydrogens is 473 g/mol. The Balaban J connectivity index is 1.59. The highest BCUT2D eigenvalue weighted by Gasteiger charge is 2.43. The Morgan fingerprint density at radius 2 is 2.03 bits per heavy atom. The van der Waals surface area contributed by atoms with Gasteiger partial charge in [-0.05, 0) is 25.5 Å². The molecule has 2 saturated heterocycles. The maximum atomic E-state index is 13.7. The lowest BCUT2D eigenvalue weighted by Gasteiger charge is -2.33. The molecule has 3 rings (SSSR count). The van der Waals surface area contributed by atoms with E-state index < -0.39 is 49.3 Å². The van der Waals surface area contributed by atoms with E-state index in [4.69, 9.17) is 4.74 Å². The molecule has 3 N–H and O–H groups in total. The van der Waals surface area contributed by atoms with Crippen LogP contribution in [0.1, 0.15) is 38.3 Å². The van der Waals surface area contributed by atoms with E-state index in [2.05, 4.69) is 5.32 Å². The van der Waals surface area contributed by atoms with E-state index in [0.29, 0.717) is 12.0 Å². The van der Waals surface area contributed by atoms with Crippen LogP contribution in [0.15, 0.2) is 42.0 Å². The molecule has 2 atom stereocenters. The summed E-state index contributed by atoms with van der Waals surface area (Å²) in [6, 6.07) is 9.99. The molecule has 2 aliphatic rings. The normalized spacial score (nSPS) is 21.1. The molecule has 194 valence electrons. The number of benzene rings is 1. The smallest absolute Gasteiger partial charge is 0.444 e. The number of carbonyl (C=O) groups excluding carboxylic acids is 2. The van der Waals surface area contributed by atoms with Gasteiger partial charge in [-0.25, -0.2) is 13.6 Å². The van der Waals surface area contributed by atoms with Crippen LogP contribution in [-0.2, 0) is 9.53 Å². The predicted octanol–water partition coefficient (Wildman–Crippen LogP) is 2.10. The molecule has 0 bridgehead atoms. The first-order chi connectivity index (χ1) is 16.9. The molecule has 2 aliphatic heterocycles. The van der Waals surface area contributed by atoms with Gasteiger partial charge in [-0.1, -0.05) is 30.3 Å². The molecule has 1 aromatic carbocycles. The van der Waals surface area contributed by atoms with E-state index in [0.717, 1.165) is 0 Å². The number of rotatable bonds is 8. The minimum absolute atomic E-state index is 0.0755. The summed E-state index contributed by atoms with van der Waals surface area (Å²) in [6.45, 7) is 3.43. The van der Waals surface area contributed by atoms with Crippen molar-refractivity contribution in [3.63, 3.8) is 0 Å². The summed E-state index contributed by atoms with van der Waals surface area (Å²) in [5.74, 6) is -3.34. The van der Waals surface area contributed by atoms with E-state index in [1.165, 1.54) is 11.0 Å². The number of amides is 2. The van der Waals surface area contributed by atoms with Gasteiger partial charge in [-0.3, -0.25) is 9.69 Å². The second kappa shape index (κ2) is 11.4. The number of hydrogen-bond acceptors (Lipinski definition) is 7. The van der Waals surface area contributed by atoms with Gasteiger partial charge >= 0.3 is 13.2 Å². The molecule has 2 amide bonds. The minimum Gasteiger partial charge on any atom is -0.444 e. The molecule has 0 spiro atoms. The lowest BCUT2D eigenvalue weighted by molar-refractivity contribution is -0.126. The maximum absolute atomic E-state index is 13.7. The molecule has 36 heavy (non-hydrogen) atoms. The van der Waals surface area contributed by atoms with Gasteiger partial charge in [0.05, 0.1) is 19.1 Å². The SMILES string of the molecule is CC(C)(C=C(C#N)C(=O)N1CC[C@H](OC(=O)N[C@H](CB(O)O)c2ccccc2)C1)N1CCC(F)(F)C1. The van der Waals surface area contributed by atoms with Gasteiger partial charge in [0, 0.05) is 37.8 Å². The number of nitrogens with one attached hydrogen (secondary N) is 1. The molecule has 2 fully saturated rings. The second-order valence-corrected chi connectivity index (χ2v) is 9.74. The second-order valence-electron chi connectivity index (χ2n) is 9.74. The van der Waals surface area contributed by atoms with Crippen LogP contribution in [0.25, 0.3) is 0 Å². The molecule has 0 aliphatic carbocycles. The number of likely N-dealkylation sites (tertiary alicyclic amines) is 2. The van der Waals surface area contributed by atoms with Crippen molar-refractivity contribution in [1.82, 2.24) is 15.1 Å². The largest absolute Gasteiger partial charge is 0.453 e. The van der Waals surface area contributed by atoms with Crippen molar-refractivity contribution in [2.75, 3.05) is 26.2 Å². The fourth-order valence-corrected chi connectivity index (χ4v) is 4.50. The van der Waals surface area contributed by atoms with E-state index in [-0.39, 0.29) is 37.9 Å². The maximum Gasteiger partial charge on any atom is 0.453 e. The standard InChI is InChI=1S/C24H31BF2N4O5/c1-23(2,31-11-9-24(26,27)16-31)12-18(14-28)21(32)30-10-8-19(15-30)36-22(33)29-20(13-25(34)35)17-6-4-3-5-7-17/h3-7,12,19-20,34-35H,8-11,13,15-16H2,1-2H3,(H,29,33)/t19-,20+/m0/s1. The number of ether oxygens (including phenoxy) is 1. The first-order valence-electron chi connectivity index (χ1n) is 11.8. The third kappa shape index (κ3) is 7.26. The Kier molecular flexibility index (Phi) is 8.71. The van der Waals surface area contributed by atoms with Gasteiger partial charge < -0.3 is 25.0 Å². The van der Waals surface area contributed by atoms with Crippen LogP contribution in [0, 0.1) is 11.3 Å². The minimum atomic E-state index is -2.79. The van der Waals surface area contributed by atoms with Crippen LogP contribution in [0.4, 0.5) is 13.6 Å². The first kappa shape index (κ1) is 27.6. The average molecular weight is 504 g/mol. The Morgan fingerprint density at radius 3 is 2.61 bits per heavy atom. The fourth-order valence-electron chi connectivity index (χ4n) is 4.50. The summed E-state index contributed by atoms with van der Waals surface area (Å²) >= 11 is 0. The van der Waals surface area contributed by atoms with Crippen molar-refractivity contribution in [3.8, 4) is 6.07 Å². The van der Waals surface area contributed by atoms with Gasteiger partial charge in [-0.2, -0.15) is 5.26 Å². The highest BCUT2D eigenvalue weighted by Crippen LogP contribution is 2.33. The van der Waals surface area contributed by atoms with Crippen LogP contribution in [0.2, 0.25) is 6.32 Å². The summed E-state index contributed by atoms with van der Waals surface area (Å²) in [5, 5.41) is 31.0. The lowest BCUT2D eigenvalue weighted by atomic mass is 9.79. The van der Waals surface area contributed by atoms with Crippen molar-refractivity contribution in [1.29, 1.82) is 5.26 Å². The van der Waals surface area contributed by atoms with Crippen LogP contribution in [0.5, 0.6) is 0 Å². The van der Waals surface area contributed by atoms with Gasteiger partial charge in [0.25, 0.3) is 11.8 Å². The topological polar surface area (TPSA) is 126 Å². The molecule has 0 radical (unpaired) electrons. The zero-order chi connectivity index (χ0) is 26.5. The van der Waals surface area contributed by atoms with Gasteiger partial charge in [0.1, 0.15) is 17.7 Å². The molecule has 2 heterocycles. The van der Waals surface area contributed by atoms with Crippen molar-refractivity contribution < 1.29 is 33.2 Å². The molecule has 1 aromatic rings. The van der Waals surface area contributed by atoms with Crippen LogP contribution in [0.3, 0.4) is 0 Å². The summed E-state index contributed by atoms with van der Waals surface area (Å²) in [5.41, 5.74) is -0.394. The van der Waals surface area contributed by atoms with E-state index in [1.54, 1.807) is 49.1 Å². The number of halogens is 2. The molecule has 0 unspecified atom stereocenters. The molecule has 0 saturated carbocycles. The molecular formula is C24H31BF2N4O5. The lowest BCUT2D eigenvalue weighted by Crippen LogP contribution is -2.43. The van der Waals surface area contributed by atoms with Gasteiger partial charge in [-0.15, -0.1) is 0 Å². The monoisotopic (exact) mass is 504 g/mol. The molecule has 12 heteroatoms. The number of nitriles is 1. The third-order valence-electron chi connectivity index (χ3n) is 6.48. The van der Waals surface area contributed by atoms with Gasteiger partial charge in [0.2, 0.25) is 0 Å². The Labute approximate surface area is 209 Å². The summed E-state index contributed by atoms with van der Waals surface area (Å²) in [6.07, 6.45) is -0.00903.